The van der Waals surface area contributed by atoms with Gasteiger partial charge in [-0.15, -0.1) is 0 Å². The topological polar surface area (TPSA) is 58.0 Å². The third-order valence-electron chi connectivity index (χ3n) is 3.87. The van der Waals surface area contributed by atoms with Crippen molar-refractivity contribution in [2.75, 3.05) is 12.8 Å². The van der Waals surface area contributed by atoms with Crippen LogP contribution in [0.25, 0.3) is 22.2 Å². The summed E-state index contributed by atoms with van der Waals surface area (Å²) in [6.45, 7) is 2.08. The summed E-state index contributed by atoms with van der Waals surface area (Å²) in [6, 6.07) is 7.95. The lowest BCUT2D eigenvalue weighted by Crippen LogP contribution is -1.96. The van der Waals surface area contributed by atoms with E-state index >= 15 is 0 Å². The van der Waals surface area contributed by atoms with Crippen molar-refractivity contribution in [3.8, 4) is 17.0 Å². The van der Waals surface area contributed by atoms with E-state index in [0.29, 0.717) is 5.82 Å². The fourth-order valence-electron chi connectivity index (χ4n) is 2.67. The number of methoxy groups -OCH3 is 1. The molecule has 0 saturated carbocycles. The van der Waals surface area contributed by atoms with Gasteiger partial charge >= 0.3 is 0 Å². The third-order valence-corrected chi connectivity index (χ3v) is 3.87. The third kappa shape index (κ3) is 1.59. The zero-order chi connectivity index (χ0) is 14.4. The molecule has 2 aromatic heterocycles. The fraction of sp³-hybridized carbons (Fsp3) is 0.267. The van der Waals surface area contributed by atoms with E-state index in [0.717, 1.165) is 33.6 Å². The lowest BCUT2D eigenvalue weighted by Gasteiger charge is -2.03. The van der Waals surface area contributed by atoms with Gasteiger partial charge in [-0.25, -0.2) is 0 Å². The molecule has 0 atom stereocenters. The van der Waals surface area contributed by atoms with Crippen LogP contribution in [-0.2, 0) is 14.1 Å². The van der Waals surface area contributed by atoms with Crippen LogP contribution in [0.1, 0.15) is 5.69 Å². The number of aromatic nitrogens is 3. The van der Waals surface area contributed by atoms with Crippen LogP contribution in [0.2, 0.25) is 0 Å². The zero-order valence-corrected chi connectivity index (χ0v) is 12.1. The maximum atomic E-state index is 5.91. The van der Waals surface area contributed by atoms with Crippen molar-refractivity contribution in [2.45, 2.75) is 6.92 Å². The van der Waals surface area contributed by atoms with Crippen LogP contribution < -0.4 is 10.5 Å². The van der Waals surface area contributed by atoms with E-state index in [1.165, 1.54) is 0 Å². The van der Waals surface area contributed by atoms with Crippen LogP contribution in [-0.4, -0.2) is 21.5 Å². The van der Waals surface area contributed by atoms with Gasteiger partial charge < -0.3 is 15.0 Å². The number of hydrogen-bond acceptors (Lipinski definition) is 3. The molecule has 5 heteroatoms. The van der Waals surface area contributed by atoms with Gasteiger partial charge in [0.2, 0.25) is 0 Å². The molecule has 0 unspecified atom stereocenters. The van der Waals surface area contributed by atoms with E-state index in [4.69, 9.17) is 10.5 Å². The van der Waals surface area contributed by atoms with E-state index in [1.54, 1.807) is 11.8 Å². The van der Waals surface area contributed by atoms with E-state index < -0.39 is 0 Å². The second-order valence-corrected chi connectivity index (χ2v) is 4.95. The zero-order valence-electron chi connectivity index (χ0n) is 12.1. The van der Waals surface area contributed by atoms with Gasteiger partial charge in [-0.3, -0.25) is 4.68 Å². The first-order valence-electron chi connectivity index (χ1n) is 6.46. The Bertz CT molecular complexity index is 778. The minimum Gasteiger partial charge on any atom is -0.496 e. The fourth-order valence-corrected chi connectivity index (χ4v) is 2.67. The molecule has 5 nitrogen and oxygen atoms in total. The molecule has 0 aliphatic carbocycles. The monoisotopic (exact) mass is 270 g/mol. The van der Waals surface area contributed by atoms with Crippen molar-refractivity contribution in [1.29, 1.82) is 0 Å². The van der Waals surface area contributed by atoms with Gasteiger partial charge in [0.25, 0.3) is 0 Å². The molecule has 2 N–H and O–H groups in total. The molecular weight excluding hydrogens is 252 g/mol. The lowest BCUT2D eigenvalue weighted by molar-refractivity contribution is 0.420. The molecule has 3 aromatic rings. The van der Waals surface area contributed by atoms with Crippen LogP contribution in [0, 0.1) is 6.92 Å². The molecule has 0 aliphatic rings. The summed E-state index contributed by atoms with van der Waals surface area (Å²) in [7, 11) is 5.58. The summed E-state index contributed by atoms with van der Waals surface area (Å²) in [5.74, 6) is 1.50. The van der Waals surface area contributed by atoms with Crippen LogP contribution in [0.4, 0.5) is 5.82 Å². The molecule has 0 saturated heterocycles. The molecule has 0 aliphatic heterocycles. The number of benzene rings is 1. The summed E-state index contributed by atoms with van der Waals surface area (Å²) >= 11 is 0. The van der Waals surface area contributed by atoms with Crippen LogP contribution in [0.15, 0.2) is 24.3 Å². The summed E-state index contributed by atoms with van der Waals surface area (Å²) in [5.41, 5.74) is 10.1. The number of nitrogen functional groups attached to an aromatic ring is 1. The van der Waals surface area contributed by atoms with Crippen LogP contribution in [0.3, 0.4) is 0 Å². The molecule has 0 spiro atoms. The van der Waals surface area contributed by atoms with Crippen molar-refractivity contribution >= 4 is 16.7 Å². The number of anilines is 1. The Kier molecular flexibility index (Phi) is 2.71. The van der Waals surface area contributed by atoms with Crippen molar-refractivity contribution < 1.29 is 4.74 Å². The van der Waals surface area contributed by atoms with Gasteiger partial charge in [0.05, 0.1) is 23.7 Å². The number of ether oxygens (including phenoxy) is 1. The van der Waals surface area contributed by atoms with Gasteiger partial charge in [0.15, 0.2) is 0 Å². The predicted molar refractivity (Wildman–Crippen MR) is 80.8 cm³/mol. The predicted octanol–water partition coefficient (Wildman–Crippen LogP) is 2.48. The molecule has 1 aromatic carbocycles. The Labute approximate surface area is 117 Å². The van der Waals surface area contributed by atoms with Gasteiger partial charge in [0, 0.05) is 31.4 Å². The van der Waals surface area contributed by atoms with E-state index in [2.05, 4.69) is 22.7 Å². The normalized spacial score (nSPS) is 11.2. The quantitative estimate of drug-likeness (QED) is 0.778. The van der Waals surface area contributed by atoms with Crippen LogP contribution >= 0.6 is 0 Å². The number of nitrogens with zero attached hydrogens (tertiary/aromatic N) is 3. The number of nitrogens with two attached hydrogens (primary N) is 1. The van der Waals surface area contributed by atoms with Crippen molar-refractivity contribution in [1.82, 2.24) is 14.3 Å². The van der Waals surface area contributed by atoms with E-state index in [-0.39, 0.29) is 0 Å². The SMILES string of the molecule is COc1cccc2c1c(-c1cc(N)n(C)n1)c(C)n2C. The molecule has 20 heavy (non-hydrogen) atoms. The second kappa shape index (κ2) is 4.30. The minimum absolute atomic E-state index is 0.645. The Morgan fingerprint density at radius 2 is 2.00 bits per heavy atom. The summed E-state index contributed by atoms with van der Waals surface area (Å²) in [4.78, 5) is 0. The Balaban J connectivity index is 2.43. The van der Waals surface area contributed by atoms with Crippen molar-refractivity contribution in [2.24, 2.45) is 14.1 Å². The summed E-state index contributed by atoms with van der Waals surface area (Å²) in [5, 5.41) is 5.58. The number of rotatable bonds is 2. The molecular formula is C15H18N4O. The standard InChI is InChI=1S/C15H18N4O/c1-9-14(10-8-13(16)19(3)17-10)15-11(18(9)2)6-5-7-12(15)20-4/h5-8H,16H2,1-4H3. The maximum absolute atomic E-state index is 5.91. The first-order valence-corrected chi connectivity index (χ1v) is 6.46. The Morgan fingerprint density at radius 3 is 2.60 bits per heavy atom. The van der Waals surface area contributed by atoms with Crippen molar-refractivity contribution in [3.63, 3.8) is 0 Å². The first kappa shape index (κ1) is 12.6. The van der Waals surface area contributed by atoms with Gasteiger partial charge in [-0.05, 0) is 19.1 Å². The number of aryl methyl sites for hydroxylation is 2. The maximum Gasteiger partial charge on any atom is 0.128 e. The second-order valence-electron chi connectivity index (χ2n) is 4.95. The van der Waals surface area contributed by atoms with Gasteiger partial charge in [-0.1, -0.05) is 6.07 Å². The van der Waals surface area contributed by atoms with E-state index in [9.17, 15) is 0 Å². The number of fused-ring (bicyclic) bond motifs is 1. The molecule has 0 amide bonds. The molecule has 2 heterocycles. The Morgan fingerprint density at radius 1 is 1.25 bits per heavy atom. The highest BCUT2D eigenvalue weighted by Crippen LogP contribution is 2.39. The average molecular weight is 270 g/mol. The first-order chi connectivity index (χ1) is 9.54. The minimum atomic E-state index is 0.645. The van der Waals surface area contributed by atoms with E-state index in [1.807, 2.05) is 32.3 Å². The lowest BCUT2D eigenvalue weighted by atomic mass is 10.1. The summed E-state index contributed by atoms with van der Waals surface area (Å²) in [6.07, 6.45) is 0. The Hall–Kier alpha value is -2.43. The smallest absolute Gasteiger partial charge is 0.128 e. The van der Waals surface area contributed by atoms with Crippen LogP contribution in [0.5, 0.6) is 5.75 Å². The largest absolute Gasteiger partial charge is 0.496 e. The number of hydrogen-bond donors (Lipinski definition) is 1. The highest BCUT2D eigenvalue weighted by atomic mass is 16.5. The highest BCUT2D eigenvalue weighted by Gasteiger charge is 2.19. The molecule has 3 rings (SSSR count). The molecule has 0 bridgehead atoms. The van der Waals surface area contributed by atoms with Gasteiger partial charge in [-0.2, -0.15) is 5.10 Å². The molecule has 0 fully saturated rings. The summed E-state index contributed by atoms with van der Waals surface area (Å²) < 4.78 is 9.35. The van der Waals surface area contributed by atoms with Crippen molar-refractivity contribution in [3.05, 3.63) is 30.0 Å². The molecule has 0 radical (unpaired) electrons. The highest BCUT2D eigenvalue weighted by molar-refractivity contribution is 6.01. The molecule has 104 valence electrons. The average Bonchev–Trinajstić information content (AvgIpc) is 2.89. The van der Waals surface area contributed by atoms with Gasteiger partial charge in [0.1, 0.15) is 11.6 Å².